The number of aromatic nitrogens is 1. The van der Waals surface area contributed by atoms with Gasteiger partial charge in [0.2, 0.25) is 0 Å². The third-order valence-corrected chi connectivity index (χ3v) is 4.47. The van der Waals surface area contributed by atoms with E-state index in [1.165, 1.54) is 0 Å². The van der Waals surface area contributed by atoms with Crippen molar-refractivity contribution in [3.63, 3.8) is 0 Å². The van der Waals surface area contributed by atoms with Crippen molar-refractivity contribution in [1.29, 1.82) is 0 Å². The molecule has 1 amide bonds. The van der Waals surface area contributed by atoms with Crippen LogP contribution in [0, 0.1) is 20.8 Å². The van der Waals surface area contributed by atoms with E-state index in [-0.39, 0.29) is 17.6 Å². The van der Waals surface area contributed by atoms with Crippen molar-refractivity contribution in [2.75, 3.05) is 11.9 Å². The Hall–Kier alpha value is -1.99. The van der Waals surface area contributed by atoms with E-state index in [0.29, 0.717) is 11.6 Å². The highest BCUT2D eigenvalue weighted by Gasteiger charge is 2.09. The topological polar surface area (TPSA) is 63.2 Å². The minimum atomic E-state index is -0.331. The Bertz CT molecular complexity index is 780. The van der Waals surface area contributed by atoms with Crippen LogP contribution in [-0.2, 0) is 4.79 Å². The number of thiocarbonyl (C=S) groups is 1. The minimum Gasteiger partial charge on any atom is -0.483 e. The molecule has 5 nitrogen and oxygen atoms in total. The first-order chi connectivity index (χ1) is 11.4. The van der Waals surface area contributed by atoms with Gasteiger partial charge in [-0.2, -0.15) is 0 Å². The number of pyridine rings is 1. The number of benzene rings is 1. The molecule has 2 rings (SSSR count). The molecule has 2 aromatic rings. The van der Waals surface area contributed by atoms with Crippen LogP contribution < -0.4 is 15.4 Å². The lowest BCUT2D eigenvalue weighted by Crippen LogP contribution is -2.37. The molecule has 0 saturated carbocycles. The highest BCUT2D eigenvalue weighted by atomic mass is 79.9. The zero-order valence-electron chi connectivity index (χ0n) is 13.6. The van der Waals surface area contributed by atoms with Crippen LogP contribution >= 0.6 is 28.1 Å². The fourth-order valence-corrected chi connectivity index (χ4v) is 2.39. The molecule has 24 heavy (non-hydrogen) atoms. The maximum absolute atomic E-state index is 11.9. The molecule has 1 aromatic carbocycles. The highest BCUT2D eigenvalue weighted by molar-refractivity contribution is 9.10. The molecule has 0 aliphatic carbocycles. The number of nitrogens with one attached hydrogen (secondary N) is 2. The van der Waals surface area contributed by atoms with Gasteiger partial charge in [-0.1, -0.05) is 12.1 Å². The van der Waals surface area contributed by atoms with E-state index in [2.05, 4.69) is 31.5 Å². The maximum Gasteiger partial charge on any atom is 0.264 e. The van der Waals surface area contributed by atoms with Gasteiger partial charge >= 0.3 is 0 Å². The molecule has 0 unspecified atom stereocenters. The van der Waals surface area contributed by atoms with Gasteiger partial charge in [0.05, 0.1) is 5.69 Å². The van der Waals surface area contributed by atoms with Gasteiger partial charge in [-0.15, -0.1) is 0 Å². The van der Waals surface area contributed by atoms with Crippen LogP contribution in [0.15, 0.2) is 34.8 Å². The van der Waals surface area contributed by atoms with Gasteiger partial charge in [-0.3, -0.25) is 10.1 Å². The number of nitrogens with zero attached hydrogens (tertiary/aromatic N) is 1. The molecule has 0 fully saturated rings. The van der Waals surface area contributed by atoms with Gasteiger partial charge in [0.1, 0.15) is 11.6 Å². The number of hydrogen-bond acceptors (Lipinski definition) is 4. The molecule has 1 aromatic heterocycles. The summed E-state index contributed by atoms with van der Waals surface area (Å²) in [6.45, 7) is 5.71. The molecule has 1 heterocycles. The molecule has 7 heteroatoms. The average molecular weight is 408 g/mol. The monoisotopic (exact) mass is 407 g/mol. The Balaban J connectivity index is 1.86. The summed E-state index contributed by atoms with van der Waals surface area (Å²) in [5, 5.41) is 5.62. The summed E-state index contributed by atoms with van der Waals surface area (Å²) >= 11 is 8.50. The zero-order chi connectivity index (χ0) is 17.7. The predicted molar refractivity (Wildman–Crippen MR) is 102 cm³/mol. The van der Waals surface area contributed by atoms with Crippen molar-refractivity contribution in [2.45, 2.75) is 20.8 Å². The summed E-state index contributed by atoms with van der Waals surface area (Å²) in [6, 6.07) is 9.35. The summed E-state index contributed by atoms with van der Waals surface area (Å²) < 4.78 is 6.45. The van der Waals surface area contributed by atoms with Crippen LogP contribution in [-0.4, -0.2) is 22.6 Å². The van der Waals surface area contributed by atoms with E-state index < -0.39 is 0 Å². The van der Waals surface area contributed by atoms with Gasteiger partial charge < -0.3 is 10.1 Å². The second-order valence-corrected chi connectivity index (χ2v) is 6.52. The lowest BCUT2D eigenvalue weighted by molar-refractivity contribution is -0.121. The third kappa shape index (κ3) is 5.01. The highest BCUT2D eigenvalue weighted by Crippen LogP contribution is 2.20. The van der Waals surface area contributed by atoms with Crippen LogP contribution in [0.5, 0.6) is 5.75 Å². The molecule has 126 valence electrons. The summed E-state index contributed by atoms with van der Waals surface area (Å²) in [4.78, 5) is 16.2. The first-order valence-electron chi connectivity index (χ1n) is 7.30. The molecule has 0 atom stereocenters. The van der Waals surface area contributed by atoms with Crippen molar-refractivity contribution < 1.29 is 9.53 Å². The Kier molecular flexibility index (Phi) is 6.28. The van der Waals surface area contributed by atoms with Crippen molar-refractivity contribution in [3.8, 4) is 5.75 Å². The minimum absolute atomic E-state index is 0.112. The SMILES string of the molecule is Cc1cccc(OCC(=O)NC(=S)Nc2ccc(Br)c(C)n2)c1C. The van der Waals surface area contributed by atoms with E-state index in [1.807, 2.05) is 45.0 Å². The van der Waals surface area contributed by atoms with Crippen molar-refractivity contribution in [3.05, 3.63) is 51.6 Å². The van der Waals surface area contributed by atoms with Crippen molar-refractivity contribution in [1.82, 2.24) is 10.3 Å². The maximum atomic E-state index is 11.9. The number of ether oxygens (including phenoxy) is 1. The fraction of sp³-hybridized carbons (Fsp3) is 0.235. The van der Waals surface area contributed by atoms with Gasteiger partial charge in [0.25, 0.3) is 5.91 Å². The normalized spacial score (nSPS) is 10.2. The quantitative estimate of drug-likeness (QED) is 0.757. The number of carbonyl (C=O) groups is 1. The Morgan fingerprint density at radius 1 is 1.25 bits per heavy atom. The van der Waals surface area contributed by atoms with Gasteiger partial charge in [0.15, 0.2) is 11.7 Å². The van der Waals surface area contributed by atoms with Crippen LogP contribution in [0.1, 0.15) is 16.8 Å². The van der Waals surface area contributed by atoms with Gasteiger partial charge in [0, 0.05) is 4.47 Å². The first-order valence-corrected chi connectivity index (χ1v) is 8.50. The smallest absolute Gasteiger partial charge is 0.264 e. The third-order valence-electron chi connectivity index (χ3n) is 3.43. The summed E-state index contributed by atoms with van der Waals surface area (Å²) in [6.07, 6.45) is 0. The summed E-state index contributed by atoms with van der Waals surface area (Å²) in [7, 11) is 0. The standard InChI is InChI=1S/C17H18BrN3O2S/c1-10-5-4-6-14(11(10)2)23-9-16(22)21-17(24)20-15-8-7-13(18)12(3)19-15/h4-8H,9H2,1-3H3,(H2,19,20,21,22,24). The lowest BCUT2D eigenvalue weighted by atomic mass is 10.1. The molecule has 0 aliphatic rings. The number of carbonyl (C=O) groups excluding carboxylic acids is 1. The molecule has 0 saturated heterocycles. The molecule has 0 radical (unpaired) electrons. The number of amides is 1. The summed E-state index contributed by atoms with van der Waals surface area (Å²) in [5.74, 6) is 0.924. The number of anilines is 1. The van der Waals surface area contributed by atoms with Crippen LogP contribution in [0.4, 0.5) is 5.82 Å². The zero-order valence-corrected chi connectivity index (χ0v) is 16.0. The van der Waals surface area contributed by atoms with Crippen LogP contribution in [0.25, 0.3) is 0 Å². The molecule has 0 aliphatic heterocycles. The van der Waals surface area contributed by atoms with E-state index >= 15 is 0 Å². The predicted octanol–water partition coefficient (Wildman–Crippen LogP) is 3.66. The molecular weight excluding hydrogens is 390 g/mol. The van der Waals surface area contributed by atoms with Crippen molar-refractivity contribution >= 4 is 45.0 Å². The Morgan fingerprint density at radius 2 is 2.00 bits per heavy atom. The summed E-state index contributed by atoms with van der Waals surface area (Å²) in [5.41, 5.74) is 2.95. The number of aryl methyl sites for hydroxylation is 2. The van der Waals surface area contributed by atoms with E-state index in [9.17, 15) is 4.79 Å². The largest absolute Gasteiger partial charge is 0.483 e. The number of hydrogen-bond donors (Lipinski definition) is 2. The van der Waals surface area contributed by atoms with E-state index in [1.54, 1.807) is 6.07 Å². The lowest BCUT2D eigenvalue weighted by Gasteiger charge is -2.12. The number of rotatable bonds is 4. The van der Waals surface area contributed by atoms with Gasteiger partial charge in [-0.25, -0.2) is 4.98 Å². The second kappa shape index (κ2) is 8.21. The second-order valence-electron chi connectivity index (χ2n) is 5.25. The average Bonchev–Trinajstić information content (AvgIpc) is 2.52. The Labute approximate surface area is 154 Å². The van der Waals surface area contributed by atoms with Crippen LogP contribution in [0.2, 0.25) is 0 Å². The van der Waals surface area contributed by atoms with E-state index in [4.69, 9.17) is 17.0 Å². The van der Waals surface area contributed by atoms with E-state index in [0.717, 1.165) is 21.3 Å². The molecular formula is C17H18BrN3O2S. The molecule has 2 N–H and O–H groups in total. The Morgan fingerprint density at radius 3 is 2.71 bits per heavy atom. The number of halogens is 1. The van der Waals surface area contributed by atoms with Crippen molar-refractivity contribution in [2.24, 2.45) is 0 Å². The molecule has 0 spiro atoms. The molecule has 0 bridgehead atoms. The fourth-order valence-electron chi connectivity index (χ4n) is 1.95. The van der Waals surface area contributed by atoms with Gasteiger partial charge in [-0.05, 0) is 78.2 Å². The van der Waals surface area contributed by atoms with Crippen LogP contribution in [0.3, 0.4) is 0 Å². The first kappa shape index (κ1) is 18.4.